The van der Waals surface area contributed by atoms with E-state index in [-0.39, 0.29) is 24.3 Å². The van der Waals surface area contributed by atoms with E-state index in [9.17, 15) is 14.4 Å². The number of carbonyl (C=O) groups excluding carboxylic acids is 3. The minimum absolute atomic E-state index is 0.181. The van der Waals surface area contributed by atoms with Gasteiger partial charge in [-0.3, -0.25) is 24.6 Å². The lowest BCUT2D eigenvalue weighted by molar-refractivity contribution is -0.142. The maximum atomic E-state index is 14.2. The first-order valence-electron chi connectivity index (χ1n) is 13.9. The molecule has 3 aromatic carbocycles. The number of methoxy groups -OCH3 is 2. The van der Waals surface area contributed by atoms with Gasteiger partial charge in [0.25, 0.3) is 0 Å². The van der Waals surface area contributed by atoms with Crippen molar-refractivity contribution in [3.05, 3.63) is 88.6 Å². The summed E-state index contributed by atoms with van der Waals surface area (Å²) in [5, 5.41) is 7.84. The van der Waals surface area contributed by atoms with Gasteiger partial charge in [0.15, 0.2) is 11.5 Å². The molecule has 1 spiro atoms. The van der Waals surface area contributed by atoms with E-state index in [1.807, 2.05) is 42.6 Å². The summed E-state index contributed by atoms with van der Waals surface area (Å²) >= 11 is 6.49. The van der Waals surface area contributed by atoms with Crippen LogP contribution in [0.3, 0.4) is 0 Å². The van der Waals surface area contributed by atoms with Gasteiger partial charge in [0.05, 0.1) is 36.8 Å². The Balaban J connectivity index is 1.26. The van der Waals surface area contributed by atoms with Crippen LogP contribution in [-0.2, 0) is 32.8 Å². The summed E-state index contributed by atoms with van der Waals surface area (Å²) < 4.78 is 10.8. The Morgan fingerprint density at radius 3 is 2.57 bits per heavy atom. The van der Waals surface area contributed by atoms with Crippen LogP contribution in [0, 0.1) is 11.8 Å². The molecule has 10 heteroatoms. The number of para-hydroxylation sites is 2. The topological polar surface area (TPSA) is 113 Å². The molecule has 0 saturated carbocycles. The number of hydrogen-bond donors (Lipinski definition) is 3. The fourth-order valence-electron chi connectivity index (χ4n) is 7.06. The number of ether oxygens (including phenoxy) is 2. The van der Waals surface area contributed by atoms with E-state index in [2.05, 4.69) is 15.6 Å². The number of anilines is 1. The van der Waals surface area contributed by atoms with E-state index in [1.165, 1.54) is 4.90 Å². The van der Waals surface area contributed by atoms with Gasteiger partial charge < -0.3 is 19.8 Å². The third-order valence-electron chi connectivity index (χ3n) is 8.98. The minimum atomic E-state index is -1.41. The van der Waals surface area contributed by atoms with Gasteiger partial charge in [-0.1, -0.05) is 48.0 Å². The smallest absolute Gasteiger partial charge is 0.250 e. The highest BCUT2D eigenvalue weighted by Gasteiger charge is 2.70. The molecule has 4 aromatic rings. The van der Waals surface area contributed by atoms with Crippen LogP contribution in [-0.4, -0.2) is 54.4 Å². The Hall–Kier alpha value is -4.34. The van der Waals surface area contributed by atoms with Gasteiger partial charge in [-0.15, -0.1) is 0 Å². The Bertz CT molecular complexity index is 1770. The van der Waals surface area contributed by atoms with Gasteiger partial charge in [-0.05, 0) is 48.2 Å². The summed E-state index contributed by atoms with van der Waals surface area (Å²) in [6.07, 6.45) is 2.82. The second kappa shape index (κ2) is 9.89. The van der Waals surface area contributed by atoms with Crippen molar-refractivity contribution in [1.29, 1.82) is 0 Å². The van der Waals surface area contributed by atoms with Gasteiger partial charge in [0.1, 0.15) is 5.54 Å². The molecule has 4 atom stereocenters. The number of benzene rings is 3. The number of imide groups is 1. The molecule has 0 aliphatic carbocycles. The molecule has 7 rings (SSSR count). The fourth-order valence-corrected chi connectivity index (χ4v) is 7.28. The molecular weight excluding hydrogens is 556 g/mol. The van der Waals surface area contributed by atoms with Crippen LogP contribution in [0.2, 0.25) is 5.02 Å². The predicted octanol–water partition coefficient (Wildman–Crippen LogP) is 4.04. The molecular formula is C32H29ClN4O5. The number of likely N-dealkylation sites (tertiary alicyclic amines) is 1. The average Bonchev–Trinajstić information content (AvgIpc) is 3.71. The first-order valence-corrected chi connectivity index (χ1v) is 14.2. The number of aromatic amines is 1. The summed E-state index contributed by atoms with van der Waals surface area (Å²) in [5.41, 5.74) is 2.55. The molecule has 1 aromatic heterocycles. The Labute approximate surface area is 247 Å². The number of H-pyrrole nitrogens is 1. The predicted molar refractivity (Wildman–Crippen MR) is 158 cm³/mol. The fraction of sp³-hybridized carbons (Fsp3) is 0.281. The molecule has 3 aliphatic heterocycles. The lowest BCUT2D eigenvalue weighted by Crippen LogP contribution is -2.53. The van der Waals surface area contributed by atoms with Crippen molar-refractivity contribution in [3.8, 4) is 11.5 Å². The largest absolute Gasteiger partial charge is 0.493 e. The molecule has 214 valence electrons. The Kier molecular flexibility index (Phi) is 6.25. The van der Waals surface area contributed by atoms with E-state index in [0.717, 1.165) is 22.0 Å². The van der Waals surface area contributed by atoms with Crippen LogP contribution in [0.4, 0.5) is 5.69 Å². The van der Waals surface area contributed by atoms with Crippen molar-refractivity contribution >= 4 is 45.9 Å². The number of aromatic nitrogens is 1. The molecule has 9 nitrogen and oxygen atoms in total. The summed E-state index contributed by atoms with van der Waals surface area (Å²) in [6.45, 7) is 0.181. The standard InChI is InChI=1S/C32H29ClN4O5/c1-41-24-11-10-17(14-25(24)42-2)12-13-37-29(38)26-23(15-18-16-34-22-9-4-3-6-19(18)22)36-32(27(26)30(37)39)20-7-5-8-21(33)28(20)35-31(32)40/h3-11,14,16,23,26-27,34,36H,12-13,15H2,1-2H3,(H,35,40)/t23-,26+,27+,32-/m1/s1. The zero-order valence-electron chi connectivity index (χ0n) is 23.1. The molecule has 0 bridgehead atoms. The molecule has 4 heterocycles. The van der Waals surface area contributed by atoms with Crippen molar-refractivity contribution in [1.82, 2.24) is 15.2 Å². The molecule has 42 heavy (non-hydrogen) atoms. The maximum absolute atomic E-state index is 14.2. The van der Waals surface area contributed by atoms with E-state index in [4.69, 9.17) is 21.1 Å². The summed E-state index contributed by atoms with van der Waals surface area (Å²) in [7, 11) is 3.13. The molecule has 2 fully saturated rings. The average molecular weight is 585 g/mol. The number of rotatable bonds is 7. The van der Waals surface area contributed by atoms with E-state index in [0.29, 0.717) is 40.6 Å². The lowest BCUT2D eigenvalue weighted by Gasteiger charge is -2.29. The molecule has 3 aliphatic rings. The Morgan fingerprint density at radius 2 is 1.76 bits per heavy atom. The zero-order chi connectivity index (χ0) is 29.2. The van der Waals surface area contributed by atoms with Crippen LogP contribution in [0.5, 0.6) is 11.5 Å². The van der Waals surface area contributed by atoms with Crippen molar-refractivity contribution in [2.75, 3.05) is 26.1 Å². The van der Waals surface area contributed by atoms with Crippen LogP contribution in [0.15, 0.2) is 66.9 Å². The number of fused-ring (bicyclic) bond motifs is 5. The number of hydrogen-bond acceptors (Lipinski definition) is 6. The van der Waals surface area contributed by atoms with Crippen LogP contribution < -0.4 is 20.1 Å². The second-order valence-electron chi connectivity index (χ2n) is 11.0. The number of nitrogens with zero attached hydrogens (tertiary/aromatic N) is 1. The normalized spacial score (nSPS) is 24.4. The summed E-state index contributed by atoms with van der Waals surface area (Å²) in [6, 6.07) is 18.3. The number of amides is 3. The second-order valence-corrected chi connectivity index (χ2v) is 11.4. The minimum Gasteiger partial charge on any atom is -0.493 e. The van der Waals surface area contributed by atoms with Crippen LogP contribution in [0.25, 0.3) is 10.9 Å². The monoisotopic (exact) mass is 584 g/mol. The first-order chi connectivity index (χ1) is 20.4. The zero-order valence-corrected chi connectivity index (χ0v) is 23.8. The maximum Gasteiger partial charge on any atom is 0.250 e. The van der Waals surface area contributed by atoms with Crippen molar-refractivity contribution in [2.45, 2.75) is 24.4 Å². The lowest BCUT2D eigenvalue weighted by atomic mass is 9.76. The third kappa shape index (κ3) is 3.77. The third-order valence-corrected chi connectivity index (χ3v) is 9.29. The van der Waals surface area contributed by atoms with E-state index >= 15 is 0 Å². The number of carbonyl (C=O) groups is 3. The van der Waals surface area contributed by atoms with E-state index in [1.54, 1.807) is 38.5 Å². The van der Waals surface area contributed by atoms with Gasteiger partial charge in [0, 0.05) is 35.2 Å². The quantitative estimate of drug-likeness (QED) is 0.283. The van der Waals surface area contributed by atoms with Gasteiger partial charge in [-0.2, -0.15) is 0 Å². The SMILES string of the molecule is COc1ccc(CCN2C(=O)[C@@H]3[C@@H](C2=O)[C@@]2(N[C@@H]3Cc3c[nH]c4ccccc34)C(=O)Nc3c(Cl)cccc32)cc1OC. The van der Waals surface area contributed by atoms with Gasteiger partial charge in [0.2, 0.25) is 17.7 Å². The number of nitrogens with one attached hydrogen (secondary N) is 3. The highest BCUT2D eigenvalue weighted by molar-refractivity contribution is 6.35. The highest BCUT2D eigenvalue weighted by atomic mass is 35.5. The molecule has 3 N–H and O–H groups in total. The summed E-state index contributed by atoms with van der Waals surface area (Å²) in [4.78, 5) is 46.8. The molecule has 3 amide bonds. The molecule has 0 unspecified atom stereocenters. The first kappa shape index (κ1) is 26.6. The van der Waals surface area contributed by atoms with Gasteiger partial charge >= 0.3 is 0 Å². The number of halogens is 1. The summed E-state index contributed by atoms with van der Waals surface area (Å²) in [5.74, 6) is -1.47. The van der Waals surface area contributed by atoms with Crippen molar-refractivity contribution < 1.29 is 23.9 Å². The van der Waals surface area contributed by atoms with E-state index < -0.39 is 23.4 Å². The van der Waals surface area contributed by atoms with Crippen molar-refractivity contribution in [2.24, 2.45) is 11.8 Å². The Morgan fingerprint density at radius 1 is 0.952 bits per heavy atom. The highest BCUT2D eigenvalue weighted by Crippen LogP contribution is 2.54. The molecule has 2 saturated heterocycles. The van der Waals surface area contributed by atoms with Crippen LogP contribution >= 0.6 is 11.6 Å². The van der Waals surface area contributed by atoms with Gasteiger partial charge in [-0.25, -0.2) is 0 Å². The van der Waals surface area contributed by atoms with Crippen molar-refractivity contribution in [3.63, 3.8) is 0 Å². The van der Waals surface area contributed by atoms with Crippen LogP contribution in [0.1, 0.15) is 16.7 Å². The molecule has 0 radical (unpaired) electrons.